The lowest BCUT2D eigenvalue weighted by Gasteiger charge is -2.40. The maximum atomic E-state index is 12.6. The van der Waals surface area contributed by atoms with Crippen LogP contribution in [0.2, 0.25) is 0 Å². The Morgan fingerprint density at radius 1 is 1.19 bits per heavy atom. The summed E-state index contributed by atoms with van der Waals surface area (Å²) in [5.41, 5.74) is 1.90. The molecule has 0 spiro atoms. The number of nitrogens with zero attached hydrogens (tertiary/aromatic N) is 5. The van der Waals surface area contributed by atoms with Crippen LogP contribution in [-0.2, 0) is 4.79 Å². The Morgan fingerprint density at radius 2 is 2.03 bits per heavy atom. The molecule has 0 bridgehead atoms. The normalized spacial score (nSPS) is 17.6. The molecule has 2 unspecified atom stereocenters. The summed E-state index contributed by atoms with van der Waals surface area (Å²) in [6, 6.07) is 15.8. The summed E-state index contributed by atoms with van der Waals surface area (Å²) in [7, 11) is 0. The fourth-order valence-corrected chi connectivity index (χ4v) is 6.02. The number of aliphatic hydroxyl groups excluding tert-OH is 1. The van der Waals surface area contributed by atoms with Crippen molar-refractivity contribution in [1.82, 2.24) is 25.0 Å². The van der Waals surface area contributed by atoms with E-state index in [1.165, 1.54) is 11.3 Å². The largest absolute Gasteiger partial charge is 0.491 e. The van der Waals surface area contributed by atoms with Gasteiger partial charge in [0.05, 0.1) is 21.8 Å². The number of aryl methyl sites for hydroxylation is 1. The van der Waals surface area contributed by atoms with Gasteiger partial charge < -0.3 is 9.84 Å². The number of fused-ring (bicyclic) bond motifs is 1. The van der Waals surface area contributed by atoms with Crippen LogP contribution in [0.25, 0.3) is 20.8 Å². The lowest BCUT2D eigenvalue weighted by molar-refractivity contribution is -0.118. The third-order valence-electron chi connectivity index (χ3n) is 6.26. The molecule has 3 heterocycles. The first-order chi connectivity index (χ1) is 17.9. The van der Waals surface area contributed by atoms with Crippen LogP contribution in [-0.4, -0.2) is 87.5 Å². The van der Waals surface area contributed by atoms with Gasteiger partial charge in [-0.3, -0.25) is 19.9 Å². The molecule has 1 aliphatic rings. The number of β-amino-alcohol motifs (C(OH)–C–C–N with tert-alkyl or cyclic N) is 1. The highest BCUT2D eigenvalue weighted by atomic mass is 32.1. The molecule has 1 saturated heterocycles. The minimum atomic E-state index is -0.610. The zero-order chi connectivity index (χ0) is 25.8. The number of anilines is 1. The Kier molecular flexibility index (Phi) is 8.06. The second-order valence-corrected chi connectivity index (χ2v) is 11.4. The monoisotopic (exact) mass is 538 g/mol. The van der Waals surface area contributed by atoms with E-state index < -0.39 is 6.10 Å². The number of aromatic nitrogens is 3. The Bertz CT molecular complexity index is 1340. The van der Waals surface area contributed by atoms with Crippen LogP contribution in [0.15, 0.2) is 48.5 Å². The molecule has 4 aromatic rings. The molecule has 194 valence electrons. The number of nitrogens with one attached hydrogen (secondary N) is 1. The number of aliphatic hydroxyl groups is 1. The molecule has 2 atom stereocenters. The Morgan fingerprint density at radius 3 is 2.84 bits per heavy atom. The quantitative estimate of drug-likeness (QED) is 0.334. The second kappa shape index (κ2) is 11.6. The highest BCUT2D eigenvalue weighted by Gasteiger charge is 2.27. The van der Waals surface area contributed by atoms with Gasteiger partial charge in [0.1, 0.15) is 23.5 Å². The van der Waals surface area contributed by atoms with Crippen LogP contribution in [0.4, 0.5) is 5.13 Å². The van der Waals surface area contributed by atoms with Gasteiger partial charge >= 0.3 is 0 Å². The van der Waals surface area contributed by atoms with Crippen molar-refractivity contribution in [1.29, 1.82) is 0 Å². The first-order valence-electron chi connectivity index (χ1n) is 12.3. The van der Waals surface area contributed by atoms with Gasteiger partial charge in [-0.2, -0.15) is 0 Å². The number of ether oxygens (including phenoxy) is 1. The van der Waals surface area contributed by atoms with E-state index in [0.717, 1.165) is 45.4 Å². The van der Waals surface area contributed by atoms with Crippen LogP contribution < -0.4 is 10.1 Å². The summed E-state index contributed by atoms with van der Waals surface area (Å²) in [6.07, 6.45) is -0.610. The van der Waals surface area contributed by atoms with Crippen molar-refractivity contribution in [2.75, 3.05) is 44.6 Å². The summed E-state index contributed by atoms with van der Waals surface area (Å²) >= 11 is 3.02. The van der Waals surface area contributed by atoms with E-state index in [1.807, 2.05) is 55.5 Å². The molecule has 1 amide bonds. The van der Waals surface area contributed by atoms with Crippen molar-refractivity contribution < 1.29 is 14.6 Å². The highest BCUT2D eigenvalue weighted by Crippen LogP contribution is 2.27. The topological polar surface area (TPSA) is 104 Å². The Labute approximate surface area is 223 Å². The summed E-state index contributed by atoms with van der Waals surface area (Å²) in [6.45, 7) is 7.40. The number of hydrogen-bond donors (Lipinski definition) is 2. The van der Waals surface area contributed by atoms with Crippen molar-refractivity contribution in [2.45, 2.75) is 26.0 Å². The van der Waals surface area contributed by atoms with Gasteiger partial charge in [-0.15, -0.1) is 21.5 Å². The summed E-state index contributed by atoms with van der Waals surface area (Å²) in [5, 5.41) is 24.1. The van der Waals surface area contributed by atoms with E-state index in [9.17, 15) is 9.90 Å². The van der Waals surface area contributed by atoms with Gasteiger partial charge in [0.25, 0.3) is 0 Å². The number of piperazine rings is 1. The van der Waals surface area contributed by atoms with Crippen molar-refractivity contribution >= 4 is 43.9 Å². The van der Waals surface area contributed by atoms with E-state index in [-0.39, 0.29) is 18.6 Å². The number of carbonyl (C=O) groups excluding carboxylic acids is 1. The number of amides is 1. The van der Waals surface area contributed by atoms with E-state index in [2.05, 4.69) is 37.2 Å². The first kappa shape index (κ1) is 25.7. The summed E-state index contributed by atoms with van der Waals surface area (Å²) in [4.78, 5) is 21.5. The Hall–Kier alpha value is -2.96. The molecular weight excluding hydrogens is 508 g/mol. The summed E-state index contributed by atoms with van der Waals surface area (Å²) in [5.74, 6) is 0.615. The Balaban J connectivity index is 1.05. The van der Waals surface area contributed by atoms with Crippen molar-refractivity contribution in [3.05, 3.63) is 53.5 Å². The number of carbonyl (C=O) groups is 1. The fourth-order valence-electron chi connectivity index (χ4n) is 4.45. The minimum absolute atomic E-state index is 0.0999. The summed E-state index contributed by atoms with van der Waals surface area (Å²) < 4.78 is 6.97. The molecule has 0 radical (unpaired) electrons. The SMILES string of the molecule is Cc1nc2cc(OCC(O)CN3CCN(CC(=O)Nc4nnc(-c5ccccc5)s4)CC3C)ccc2s1. The van der Waals surface area contributed by atoms with Gasteiger partial charge in [0.15, 0.2) is 0 Å². The molecule has 2 N–H and O–H groups in total. The van der Waals surface area contributed by atoms with Crippen LogP contribution in [0.3, 0.4) is 0 Å². The zero-order valence-electron chi connectivity index (χ0n) is 20.8. The zero-order valence-corrected chi connectivity index (χ0v) is 22.5. The predicted molar refractivity (Wildman–Crippen MR) is 147 cm³/mol. The van der Waals surface area contributed by atoms with Crippen LogP contribution in [0.1, 0.15) is 11.9 Å². The molecule has 0 saturated carbocycles. The van der Waals surface area contributed by atoms with Gasteiger partial charge in [0.2, 0.25) is 11.0 Å². The molecule has 37 heavy (non-hydrogen) atoms. The molecular formula is C26H30N6O3S2. The average Bonchev–Trinajstić information content (AvgIpc) is 3.50. The standard InChI is InChI=1S/C26H30N6O3S2/c1-17-13-31(15-24(34)28-26-30-29-25(37-26)19-6-4-3-5-7-19)10-11-32(17)14-20(33)16-35-21-8-9-23-22(12-21)27-18(2)36-23/h3-9,12,17,20,33H,10-11,13-16H2,1-2H3,(H,28,30,34). The van der Waals surface area contributed by atoms with Gasteiger partial charge in [-0.25, -0.2) is 4.98 Å². The molecule has 11 heteroatoms. The van der Waals surface area contributed by atoms with Gasteiger partial charge in [0, 0.05) is 43.9 Å². The molecule has 2 aromatic carbocycles. The van der Waals surface area contributed by atoms with E-state index in [4.69, 9.17) is 4.74 Å². The third-order valence-corrected chi connectivity index (χ3v) is 8.10. The highest BCUT2D eigenvalue weighted by molar-refractivity contribution is 7.18. The van der Waals surface area contributed by atoms with Crippen molar-refractivity contribution in [3.63, 3.8) is 0 Å². The van der Waals surface area contributed by atoms with Gasteiger partial charge in [-0.1, -0.05) is 41.7 Å². The molecule has 9 nitrogen and oxygen atoms in total. The fraction of sp³-hybridized carbons (Fsp3) is 0.385. The van der Waals surface area contributed by atoms with E-state index >= 15 is 0 Å². The van der Waals surface area contributed by atoms with Crippen LogP contribution in [0.5, 0.6) is 5.75 Å². The van der Waals surface area contributed by atoms with Crippen LogP contribution >= 0.6 is 22.7 Å². The molecule has 1 fully saturated rings. The first-order valence-corrected chi connectivity index (χ1v) is 13.9. The number of hydrogen-bond acceptors (Lipinski definition) is 10. The van der Waals surface area contributed by atoms with Crippen molar-refractivity contribution in [2.24, 2.45) is 0 Å². The maximum Gasteiger partial charge on any atom is 0.240 e. The molecule has 2 aromatic heterocycles. The average molecular weight is 539 g/mol. The number of thiazole rings is 1. The predicted octanol–water partition coefficient (Wildman–Crippen LogP) is 3.51. The van der Waals surface area contributed by atoms with Crippen LogP contribution in [0, 0.1) is 6.92 Å². The molecule has 5 rings (SSSR count). The maximum absolute atomic E-state index is 12.6. The van der Waals surface area contributed by atoms with Gasteiger partial charge in [-0.05, 0) is 26.0 Å². The van der Waals surface area contributed by atoms with E-state index in [1.54, 1.807) is 11.3 Å². The molecule has 1 aliphatic heterocycles. The lowest BCUT2D eigenvalue weighted by Crippen LogP contribution is -2.55. The third kappa shape index (κ3) is 6.68. The van der Waals surface area contributed by atoms with Crippen molar-refractivity contribution in [3.8, 4) is 16.3 Å². The van der Waals surface area contributed by atoms with E-state index in [0.29, 0.717) is 24.0 Å². The number of benzene rings is 2. The second-order valence-electron chi connectivity index (χ2n) is 9.23. The molecule has 0 aliphatic carbocycles. The minimum Gasteiger partial charge on any atom is -0.491 e. The smallest absolute Gasteiger partial charge is 0.240 e. The number of rotatable bonds is 9. The lowest BCUT2D eigenvalue weighted by atomic mass is 10.1.